The Hall–Kier alpha value is -0.480. The molecule has 0 aromatic carbocycles. The first kappa shape index (κ1) is 7.63. The molecule has 56 valence electrons. The minimum absolute atomic E-state index is 0.0642. The van der Waals surface area contributed by atoms with Gasteiger partial charge in [0.2, 0.25) is 0 Å². The summed E-state index contributed by atoms with van der Waals surface area (Å²) >= 11 is 0. The summed E-state index contributed by atoms with van der Waals surface area (Å²) in [6.45, 7) is 3.28. The van der Waals surface area contributed by atoms with Crippen LogP contribution in [0.5, 0.6) is 0 Å². The lowest BCUT2D eigenvalue weighted by Gasteiger charge is -2.21. The maximum absolute atomic E-state index is 5.44. The Morgan fingerprint density at radius 2 is 2.50 bits per heavy atom. The van der Waals surface area contributed by atoms with Gasteiger partial charge in [0.15, 0.2) is 0 Å². The van der Waals surface area contributed by atoms with Gasteiger partial charge in [-0.15, -0.1) is 6.42 Å². The van der Waals surface area contributed by atoms with Crippen LogP contribution in [0.25, 0.3) is 0 Å². The van der Waals surface area contributed by atoms with Crippen molar-refractivity contribution in [1.29, 1.82) is 0 Å². The van der Waals surface area contributed by atoms with Gasteiger partial charge >= 0.3 is 0 Å². The van der Waals surface area contributed by atoms with E-state index in [1.165, 1.54) is 12.8 Å². The van der Waals surface area contributed by atoms with Gasteiger partial charge in [0, 0.05) is 0 Å². The molecule has 1 aliphatic rings. The fraction of sp³-hybridized carbons (Fsp3) is 0.778. The molecule has 0 amide bonds. The van der Waals surface area contributed by atoms with E-state index in [0.717, 1.165) is 19.4 Å². The van der Waals surface area contributed by atoms with E-state index >= 15 is 0 Å². The third kappa shape index (κ3) is 1.33. The minimum Gasteiger partial charge on any atom is -0.301 e. The summed E-state index contributed by atoms with van der Waals surface area (Å²) < 4.78 is 0. The molecule has 1 saturated heterocycles. The van der Waals surface area contributed by atoms with Crippen LogP contribution in [-0.2, 0) is 0 Å². The predicted molar refractivity (Wildman–Crippen MR) is 43.7 cm³/mol. The second kappa shape index (κ2) is 3.07. The second-order valence-corrected chi connectivity index (χ2v) is 3.01. The highest BCUT2D eigenvalue weighted by atomic mass is 15.0. The third-order valence-corrected chi connectivity index (χ3v) is 2.20. The molecule has 1 N–H and O–H groups in total. The van der Waals surface area contributed by atoms with Crippen molar-refractivity contribution in [3.63, 3.8) is 0 Å². The summed E-state index contributed by atoms with van der Waals surface area (Å²) in [5, 5.41) is 3.38. The van der Waals surface area contributed by atoms with Crippen molar-refractivity contribution >= 4 is 0 Å². The van der Waals surface area contributed by atoms with Gasteiger partial charge in [0.05, 0.1) is 5.54 Å². The zero-order valence-corrected chi connectivity index (χ0v) is 6.61. The van der Waals surface area contributed by atoms with E-state index in [-0.39, 0.29) is 5.54 Å². The standard InChI is InChI=1S/C9H15N/c1-3-6-9(4-2)7-5-8-10-9/h2,10H,3,5-8H2,1H3. The Morgan fingerprint density at radius 3 is 2.90 bits per heavy atom. The number of rotatable bonds is 2. The number of terminal acetylenes is 1. The molecule has 0 aromatic heterocycles. The molecule has 1 unspecified atom stereocenters. The summed E-state index contributed by atoms with van der Waals surface area (Å²) in [4.78, 5) is 0. The van der Waals surface area contributed by atoms with E-state index < -0.39 is 0 Å². The molecule has 1 heterocycles. The smallest absolute Gasteiger partial charge is 0.0798 e. The molecule has 1 nitrogen and oxygen atoms in total. The number of nitrogens with one attached hydrogen (secondary N) is 1. The SMILES string of the molecule is C#CC1(CCC)CCCN1. The molecule has 0 spiro atoms. The molecule has 0 bridgehead atoms. The lowest BCUT2D eigenvalue weighted by Crippen LogP contribution is -2.37. The Bertz CT molecular complexity index is 137. The highest BCUT2D eigenvalue weighted by Gasteiger charge is 2.29. The summed E-state index contributed by atoms with van der Waals surface area (Å²) in [5.41, 5.74) is 0.0642. The molecule has 1 aliphatic heterocycles. The first-order chi connectivity index (χ1) is 4.83. The predicted octanol–water partition coefficient (Wildman–Crippen LogP) is 1.54. The van der Waals surface area contributed by atoms with Crippen LogP contribution < -0.4 is 5.32 Å². The molecule has 0 radical (unpaired) electrons. The molecule has 1 heteroatoms. The highest BCUT2D eigenvalue weighted by molar-refractivity contribution is 5.14. The van der Waals surface area contributed by atoms with Crippen molar-refractivity contribution in [1.82, 2.24) is 5.32 Å². The molecule has 10 heavy (non-hydrogen) atoms. The molecule has 0 aliphatic carbocycles. The minimum atomic E-state index is 0.0642. The largest absolute Gasteiger partial charge is 0.301 e. The summed E-state index contributed by atoms with van der Waals surface area (Å²) in [6, 6.07) is 0. The van der Waals surface area contributed by atoms with Gasteiger partial charge in [-0.25, -0.2) is 0 Å². The third-order valence-electron chi connectivity index (χ3n) is 2.20. The zero-order chi connectivity index (χ0) is 7.45. The molecule has 1 atom stereocenters. The Kier molecular flexibility index (Phi) is 2.34. The van der Waals surface area contributed by atoms with Crippen molar-refractivity contribution in [2.75, 3.05) is 6.54 Å². The van der Waals surface area contributed by atoms with E-state index in [1.807, 2.05) is 0 Å². The van der Waals surface area contributed by atoms with Crippen molar-refractivity contribution in [3.8, 4) is 12.3 Å². The van der Waals surface area contributed by atoms with Gasteiger partial charge in [0.25, 0.3) is 0 Å². The molecular weight excluding hydrogens is 122 g/mol. The number of hydrogen-bond donors (Lipinski definition) is 1. The molecular formula is C9H15N. The summed E-state index contributed by atoms with van der Waals surface area (Å²) in [6.07, 6.45) is 10.2. The fourth-order valence-corrected chi connectivity index (χ4v) is 1.64. The number of hydrogen-bond acceptors (Lipinski definition) is 1. The second-order valence-electron chi connectivity index (χ2n) is 3.01. The summed E-state index contributed by atoms with van der Waals surface area (Å²) in [5.74, 6) is 2.87. The summed E-state index contributed by atoms with van der Waals surface area (Å²) in [7, 11) is 0. The highest BCUT2D eigenvalue weighted by Crippen LogP contribution is 2.23. The average molecular weight is 137 g/mol. The van der Waals surface area contributed by atoms with Crippen LogP contribution in [0.3, 0.4) is 0 Å². The van der Waals surface area contributed by atoms with Gasteiger partial charge < -0.3 is 5.32 Å². The molecule has 0 aromatic rings. The lowest BCUT2D eigenvalue weighted by molar-refractivity contribution is 0.447. The van der Waals surface area contributed by atoms with Crippen LogP contribution >= 0.6 is 0 Å². The molecule has 1 fully saturated rings. The topological polar surface area (TPSA) is 12.0 Å². The fourth-order valence-electron chi connectivity index (χ4n) is 1.64. The Labute approximate surface area is 63.2 Å². The zero-order valence-electron chi connectivity index (χ0n) is 6.61. The first-order valence-corrected chi connectivity index (χ1v) is 4.06. The normalized spacial score (nSPS) is 32.0. The van der Waals surface area contributed by atoms with Crippen LogP contribution in [0.15, 0.2) is 0 Å². The van der Waals surface area contributed by atoms with E-state index in [1.54, 1.807) is 0 Å². The van der Waals surface area contributed by atoms with Gasteiger partial charge in [-0.1, -0.05) is 19.3 Å². The van der Waals surface area contributed by atoms with Crippen LogP contribution in [0.2, 0.25) is 0 Å². The van der Waals surface area contributed by atoms with E-state index in [9.17, 15) is 0 Å². The van der Waals surface area contributed by atoms with Crippen molar-refractivity contribution in [2.45, 2.75) is 38.1 Å². The van der Waals surface area contributed by atoms with Crippen LogP contribution in [-0.4, -0.2) is 12.1 Å². The average Bonchev–Trinajstić information content (AvgIpc) is 2.39. The van der Waals surface area contributed by atoms with Gasteiger partial charge in [-0.05, 0) is 25.8 Å². The molecule has 0 saturated carbocycles. The van der Waals surface area contributed by atoms with Gasteiger partial charge in [-0.3, -0.25) is 0 Å². The maximum Gasteiger partial charge on any atom is 0.0798 e. The van der Waals surface area contributed by atoms with Crippen molar-refractivity contribution in [3.05, 3.63) is 0 Å². The lowest BCUT2D eigenvalue weighted by atomic mass is 9.93. The van der Waals surface area contributed by atoms with Crippen LogP contribution in [0.4, 0.5) is 0 Å². The van der Waals surface area contributed by atoms with E-state index in [0.29, 0.717) is 0 Å². The maximum atomic E-state index is 5.44. The van der Waals surface area contributed by atoms with Crippen LogP contribution in [0, 0.1) is 12.3 Å². The quantitative estimate of drug-likeness (QED) is 0.569. The van der Waals surface area contributed by atoms with Gasteiger partial charge in [0.1, 0.15) is 0 Å². The van der Waals surface area contributed by atoms with Crippen LogP contribution in [0.1, 0.15) is 32.6 Å². The van der Waals surface area contributed by atoms with Crippen molar-refractivity contribution < 1.29 is 0 Å². The Morgan fingerprint density at radius 1 is 1.70 bits per heavy atom. The Balaban J connectivity index is 2.51. The monoisotopic (exact) mass is 137 g/mol. The van der Waals surface area contributed by atoms with E-state index in [2.05, 4.69) is 18.2 Å². The van der Waals surface area contributed by atoms with E-state index in [4.69, 9.17) is 6.42 Å². The van der Waals surface area contributed by atoms with Gasteiger partial charge in [-0.2, -0.15) is 0 Å². The molecule has 1 rings (SSSR count). The first-order valence-electron chi connectivity index (χ1n) is 4.06. The van der Waals surface area contributed by atoms with Crippen molar-refractivity contribution in [2.24, 2.45) is 0 Å².